The zero-order valence-corrected chi connectivity index (χ0v) is 14.6. The van der Waals surface area contributed by atoms with Gasteiger partial charge in [0.1, 0.15) is 0 Å². The van der Waals surface area contributed by atoms with E-state index in [0.717, 1.165) is 13.0 Å². The van der Waals surface area contributed by atoms with E-state index in [2.05, 4.69) is 63.8 Å². The molecule has 21 heavy (non-hydrogen) atoms. The number of rotatable bonds is 9. The fourth-order valence-electron chi connectivity index (χ4n) is 2.93. The fourth-order valence-corrected chi connectivity index (χ4v) is 2.93. The highest BCUT2D eigenvalue weighted by Gasteiger charge is 2.27. The highest BCUT2D eigenvalue weighted by atomic mass is 15.2. The first-order chi connectivity index (χ1) is 10.0. The van der Waals surface area contributed by atoms with E-state index in [9.17, 15) is 0 Å². The smallest absolute Gasteiger partial charge is 0.0501 e. The van der Waals surface area contributed by atoms with Crippen molar-refractivity contribution in [3.63, 3.8) is 0 Å². The third kappa shape index (κ3) is 5.44. The van der Waals surface area contributed by atoms with Crippen LogP contribution in [0.25, 0.3) is 0 Å². The van der Waals surface area contributed by atoms with E-state index in [1.54, 1.807) is 0 Å². The average molecular weight is 290 g/mol. The van der Waals surface area contributed by atoms with Crippen molar-refractivity contribution in [3.8, 4) is 0 Å². The molecular weight excluding hydrogens is 256 g/mol. The van der Waals surface area contributed by atoms with Crippen LogP contribution in [-0.2, 0) is 0 Å². The minimum Gasteiger partial charge on any atom is -0.326 e. The van der Waals surface area contributed by atoms with Crippen molar-refractivity contribution in [1.29, 1.82) is 0 Å². The van der Waals surface area contributed by atoms with Gasteiger partial charge in [0.25, 0.3) is 0 Å². The molecular formula is C19H34N2. The zero-order chi connectivity index (χ0) is 15.8. The number of hydrogen-bond donors (Lipinski definition) is 1. The molecule has 2 nitrogen and oxygen atoms in total. The van der Waals surface area contributed by atoms with Crippen LogP contribution in [0.1, 0.15) is 70.5 Å². The van der Waals surface area contributed by atoms with Gasteiger partial charge in [-0.25, -0.2) is 0 Å². The molecule has 0 heterocycles. The first-order valence-electron chi connectivity index (χ1n) is 8.59. The second-order valence-electron chi connectivity index (χ2n) is 6.47. The Morgan fingerprint density at radius 2 is 1.67 bits per heavy atom. The molecule has 0 radical (unpaired) electrons. The lowest BCUT2D eigenvalue weighted by atomic mass is 9.94. The van der Waals surface area contributed by atoms with Crippen molar-refractivity contribution in [2.75, 3.05) is 6.54 Å². The van der Waals surface area contributed by atoms with Crippen LogP contribution in [0, 0.1) is 6.92 Å². The highest BCUT2D eigenvalue weighted by Crippen LogP contribution is 2.28. The van der Waals surface area contributed by atoms with E-state index < -0.39 is 0 Å². The topological polar surface area (TPSA) is 29.3 Å². The molecule has 2 heteroatoms. The third-order valence-electron chi connectivity index (χ3n) is 4.34. The maximum atomic E-state index is 6.49. The molecule has 1 aromatic carbocycles. The van der Waals surface area contributed by atoms with E-state index in [-0.39, 0.29) is 6.04 Å². The van der Waals surface area contributed by atoms with Gasteiger partial charge in [0.15, 0.2) is 0 Å². The maximum absolute atomic E-state index is 6.49. The summed E-state index contributed by atoms with van der Waals surface area (Å²) in [6.45, 7) is 12.3. The van der Waals surface area contributed by atoms with Gasteiger partial charge in [-0.3, -0.25) is 4.90 Å². The Labute approximate surface area is 131 Å². The lowest BCUT2D eigenvalue weighted by molar-refractivity contribution is 0.127. The summed E-state index contributed by atoms with van der Waals surface area (Å²) in [6, 6.07) is 9.95. The van der Waals surface area contributed by atoms with Crippen molar-refractivity contribution in [2.24, 2.45) is 5.73 Å². The van der Waals surface area contributed by atoms with Crippen molar-refractivity contribution >= 4 is 0 Å². The van der Waals surface area contributed by atoms with Gasteiger partial charge in [-0.05, 0) is 45.7 Å². The minimum atomic E-state index is 0.191. The summed E-state index contributed by atoms with van der Waals surface area (Å²) >= 11 is 0. The van der Waals surface area contributed by atoms with Crippen LogP contribution in [0.2, 0.25) is 0 Å². The summed E-state index contributed by atoms with van der Waals surface area (Å²) in [4.78, 5) is 2.59. The lowest BCUT2D eigenvalue weighted by Gasteiger charge is -2.38. The predicted molar refractivity (Wildman–Crippen MR) is 93.6 cm³/mol. The van der Waals surface area contributed by atoms with Crippen LogP contribution in [0.15, 0.2) is 24.3 Å². The lowest BCUT2D eigenvalue weighted by Crippen LogP contribution is -2.44. The molecule has 0 aliphatic carbocycles. The van der Waals surface area contributed by atoms with Gasteiger partial charge in [0, 0.05) is 12.1 Å². The molecule has 120 valence electrons. The Morgan fingerprint density at radius 1 is 1.05 bits per heavy atom. The second-order valence-corrected chi connectivity index (χ2v) is 6.47. The Morgan fingerprint density at radius 3 is 2.14 bits per heavy atom. The van der Waals surface area contributed by atoms with Gasteiger partial charge in [-0.1, -0.05) is 56.5 Å². The van der Waals surface area contributed by atoms with E-state index in [1.807, 2.05) is 0 Å². The first kappa shape index (κ1) is 18.2. The van der Waals surface area contributed by atoms with Gasteiger partial charge < -0.3 is 5.73 Å². The predicted octanol–water partition coefficient (Wildman–Crippen LogP) is 4.67. The summed E-state index contributed by atoms with van der Waals surface area (Å²) in [5, 5.41) is 0. The molecule has 0 amide bonds. The van der Waals surface area contributed by atoms with E-state index in [1.165, 1.54) is 30.4 Å². The number of aryl methyl sites for hydroxylation is 1. The number of benzene rings is 1. The summed E-state index contributed by atoms with van der Waals surface area (Å²) < 4.78 is 0. The molecule has 0 fully saturated rings. The molecule has 0 aromatic heterocycles. The Kier molecular flexibility index (Phi) is 7.98. The van der Waals surface area contributed by atoms with Crippen LogP contribution in [0.5, 0.6) is 0 Å². The molecule has 2 N–H and O–H groups in total. The van der Waals surface area contributed by atoms with Crippen molar-refractivity contribution < 1.29 is 0 Å². The minimum absolute atomic E-state index is 0.191. The second kappa shape index (κ2) is 9.22. The summed E-state index contributed by atoms with van der Waals surface area (Å²) in [6.07, 6.45) is 4.83. The SMILES string of the molecule is CCCCCN(C(C)C)C(c1ccc(C)cc1)C(N)CC. The van der Waals surface area contributed by atoms with Crippen LogP contribution < -0.4 is 5.73 Å². The van der Waals surface area contributed by atoms with Crippen molar-refractivity contribution in [2.45, 2.75) is 78.4 Å². The molecule has 2 unspecified atom stereocenters. The molecule has 0 spiro atoms. The van der Waals surface area contributed by atoms with Gasteiger partial charge in [-0.15, -0.1) is 0 Å². The van der Waals surface area contributed by atoms with Crippen LogP contribution in [0.3, 0.4) is 0 Å². The Hall–Kier alpha value is -0.860. The zero-order valence-electron chi connectivity index (χ0n) is 14.6. The fraction of sp³-hybridized carbons (Fsp3) is 0.684. The molecule has 0 bridgehead atoms. The normalized spacial score (nSPS) is 14.7. The summed E-state index contributed by atoms with van der Waals surface area (Å²) in [5.41, 5.74) is 9.16. The summed E-state index contributed by atoms with van der Waals surface area (Å²) in [5.74, 6) is 0. The molecule has 0 saturated carbocycles. The van der Waals surface area contributed by atoms with Crippen LogP contribution in [0.4, 0.5) is 0 Å². The Balaban J connectivity index is 2.99. The quantitative estimate of drug-likeness (QED) is 0.669. The van der Waals surface area contributed by atoms with E-state index in [0.29, 0.717) is 12.1 Å². The van der Waals surface area contributed by atoms with Gasteiger partial charge >= 0.3 is 0 Å². The highest BCUT2D eigenvalue weighted by molar-refractivity contribution is 5.25. The first-order valence-corrected chi connectivity index (χ1v) is 8.59. The van der Waals surface area contributed by atoms with Gasteiger partial charge in [0.2, 0.25) is 0 Å². The Bertz CT molecular complexity index is 383. The molecule has 1 rings (SSSR count). The molecule has 0 aliphatic heterocycles. The molecule has 0 saturated heterocycles. The number of unbranched alkanes of at least 4 members (excludes halogenated alkanes) is 2. The number of nitrogens with zero attached hydrogens (tertiary/aromatic N) is 1. The average Bonchev–Trinajstić information content (AvgIpc) is 2.47. The van der Waals surface area contributed by atoms with E-state index >= 15 is 0 Å². The van der Waals surface area contributed by atoms with Crippen LogP contribution >= 0.6 is 0 Å². The maximum Gasteiger partial charge on any atom is 0.0501 e. The van der Waals surface area contributed by atoms with Crippen molar-refractivity contribution in [1.82, 2.24) is 4.90 Å². The van der Waals surface area contributed by atoms with Gasteiger partial charge in [0.05, 0.1) is 6.04 Å². The third-order valence-corrected chi connectivity index (χ3v) is 4.34. The molecule has 0 aliphatic rings. The summed E-state index contributed by atoms with van der Waals surface area (Å²) in [7, 11) is 0. The standard InChI is InChI=1S/C19H34N2/c1-6-8-9-14-21(15(3)4)19(18(20)7-2)17-12-10-16(5)11-13-17/h10-13,15,18-19H,6-9,14,20H2,1-5H3. The monoisotopic (exact) mass is 290 g/mol. The molecule has 1 aromatic rings. The number of hydrogen-bond acceptors (Lipinski definition) is 2. The van der Waals surface area contributed by atoms with E-state index in [4.69, 9.17) is 5.73 Å². The molecule has 2 atom stereocenters. The number of nitrogens with two attached hydrogens (primary N) is 1. The largest absolute Gasteiger partial charge is 0.326 e. The van der Waals surface area contributed by atoms with Crippen molar-refractivity contribution in [3.05, 3.63) is 35.4 Å². The van der Waals surface area contributed by atoms with Crippen LogP contribution in [-0.4, -0.2) is 23.5 Å². The van der Waals surface area contributed by atoms with Gasteiger partial charge in [-0.2, -0.15) is 0 Å².